The Morgan fingerprint density at radius 1 is 1.64 bits per heavy atom. The molecule has 14 heavy (non-hydrogen) atoms. The summed E-state index contributed by atoms with van der Waals surface area (Å²) in [6.07, 6.45) is 0. The Labute approximate surface area is 85.1 Å². The van der Waals surface area contributed by atoms with Gasteiger partial charge in [-0.15, -0.1) is 11.3 Å². The highest BCUT2D eigenvalue weighted by atomic mass is 32.1. The third kappa shape index (κ3) is 3.14. The van der Waals surface area contributed by atoms with Crippen molar-refractivity contribution in [3.05, 3.63) is 16.6 Å². The van der Waals surface area contributed by atoms with Crippen molar-refractivity contribution in [1.29, 1.82) is 0 Å². The van der Waals surface area contributed by atoms with Crippen molar-refractivity contribution in [2.24, 2.45) is 0 Å². The molecule has 0 saturated carbocycles. The van der Waals surface area contributed by atoms with Crippen LogP contribution in [-0.2, 0) is 9.53 Å². The van der Waals surface area contributed by atoms with Crippen LogP contribution in [-0.4, -0.2) is 30.0 Å². The summed E-state index contributed by atoms with van der Waals surface area (Å²) in [5, 5.41) is 4.01. The molecule has 0 aliphatic heterocycles. The smallest absolute Gasteiger partial charge is 0.325 e. The SMILES string of the molecule is CCOC(=O)CNC(=O)c1cscn1. The van der Waals surface area contributed by atoms with Crippen LogP contribution in [0.15, 0.2) is 10.9 Å². The first-order chi connectivity index (χ1) is 6.74. The highest BCUT2D eigenvalue weighted by Gasteiger charge is 2.09. The van der Waals surface area contributed by atoms with E-state index in [0.29, 0.717) is 12.3 Å². The molecule has 6 heteroatoms. The van der Waals surface area contributed by atoms with Crippen molar-refractivity contribution in [2.75, 3.05) is 13.2 Å². The van der Waals surface area contributed by atoms with Crippen LogP contribution in [0.4, 0.5) is 0 Å². The second kappa shape index (κ2) is 5.33. The van der Waals surface area contributed by atoms with E-state index in [0.717, 1.165) is 0 Å². The maximum atomic E-state index is 11.2. The lowest BCUT2D eigenvalue weighted by atomic mass is 10.4. The summed E-state index contributed by atoms with van der Waals surface area (Å²) in [6, 6.07) is 0. The topological polar surface area (TPSA) is 68.3 Å². The molecule has 0 atom stereocenters. The van der Waals surface area contributed by atoms with Crippen molar-refractivity contribution in [1.82, 2.24) is 10.3 Å². The van der Waals surface area contributed by atoms with Crippen LogP contribution in [0, 0.1) is 0 Å². The monoisotopic (exact) mass is 214 g/mol. The number of thiazole rings is 1. The van der Waals surface area contributed by atoms with Crippen molar-refractivity contribution in [3.63, 3.8) is 0 Å². The molecule has 0 spiro atoms. The normalized spacial score (nSPS) is 9.50. The molecule has 0 aliphatic carbocycles. The van der Waals surface area contributed by atoms with Crippen molar-refractivity contribution >= 4 is 23.2 Å². The fourth-order valence-corrected chi connectivity index (χ4v) is 1.31. The van der Waals surface area contributed by atoms with E-state index in [1.54, 1.807) is 17.8 Å². The largest absolute Gasteiger partial charge is 0.465 e. The zero-order valence-corrected chi connectivity index (χ0v) is 8.47. The second-order valence-corrected chi connectivity index (χ2v) is 3.08. The van der Waals surface area contributed by atoms with Gasteiger partial charge in [-0.05, 0) is 6.92 Å². The van der Waals surface area contributed by atoms with Gasteiger partial charge < -0.3 is 10.1 Å². The molecular formula is C8H10N2O3S. The quantitative estimate of drug-likeness (QED) is 0.738. The van der Waals surface area contributed by atoms with E-state index in [-0.39, 0.29) is 12.5 Å². The van der Waals surface area contributed by atoms with Gasteiger partial charge in [-0.2, -0.15) is 0 Å². The molecule has 0 radical (unpaired) electrons. The summed E-state index contributed by atoms with van der Waals surface area (Å²) in [5.74, 6) is -0.810. The summed E-state index contributed by atoms with van der Waals surface area (Å²) < 4.78 is 4.64. The summed E-state index contributed by atoms with van der Waals surface area (Å²) in [4.78, 5) is 25.9. The second-order valence-electron chi connectivity index (χ2n) is 2.36. The molecule has 0 saturated heterocycles. The first kappa shape index (κ1) is 10.6. The Hall–Kier alpha value is -1.43. The predicted molar refractivity (Wildman–Crippen MR) is 51.1 cm³/mol. The minimum Gasteiger partial charge on any atom is -0.465 e. The average molecular weight is 214 g/mol. The molecule has 1 heterocycles. The first-order valence-electron chi connectivity index (χ1n) is 4.06. The van der Waals surface area contributed by atoms with Gasteiger partial charge in [0.1, 0.15) is 12.2 Å². The number of hydrogen-bond donors (Lipinski definition) is 1. The van der Waals surface area contributed by atoms with Gasteiger partial charge >= 0.3 is 5.97 Å². The molecule has 1 aromatic heterocycles. The number of nitrogens with one attached hydrogen (secondary N) is 1. The number of rotatable bonds is 4. The molecule has 1 N–H and O–H groups in total. The third-order valence-corrected chi connectivity index (χ3v) is 1.95. The average Bonchev–Trinajstić information content (AvgIpc) is 2.67. The molecule has 5 nitrogen and oxygen atoms in total. The third-order valence-electron chi connectivity index (χ3n) is 1.36. The Balaban J connectivity index is 2.32. The van der Waals surface area contributed by atoms with E-state index < -0.39 is 5.97 Å². The Morgan fingerprint density at radius 3 is 3.00 bits per heavy atom. The number of amides is 1. The van der Waals surface area contributed by atoms with Gasteiger partial charge in [0.2, 0.25) is 0 Å². The highest BCUT2D eigenvalue weighted by Crippen LogP contribution is 1.99. The molecule has 1 aromatic rings. The van der Waals surface area contributed by atoms with E-state index in [1.807, 2.05) is 0 Å². The lowest BCUT2D eigenvalue weighted by molar-refractivity contribution is -0.141. The zero-order chi connectivity index (χ0) is 10.4. The van der Waals surface area contributed by atoms with Crippen molar-refractivity contribution < 1.29 is 14.3 Å². The summed E-state index contributed by atoms with van der Waals surface area (Å²) in [6.45, 7) is 1.90. The molecule has 0 fully saturated rings. The standard InChI is InChI=1S/C8H10N2O3S/c1-2-13-7(11)3-9-8(12)6-4-14-5-10-6/h4-5H,2-3H2,1H3,(H,9,12). The van der Waals surface area contributed by atoms with E-state index >= 15 is 0 Å². The molecule has 1 amide bonds. The first-order valence-corrected chi connectivity index (χ1v) is 5.00. The van der Waals surface area contributed by atoms with E-state index in [4.69, 9.17) is 0 Å². The number of hydrogen-bond acceptors (Lipinski definition) is 5. The highest BCUT2D eigenvalue weighted by molar-refractivity contribution is 7.07. The fourth-order valence-electron chi connectivity index (χ4n) is 0.780. The van der Waals surface area contributed by atoms with Gasteiger partial charge in [-0.1, -0.05) is 0 Å². The van der Waals surface area contributed by atoms with Crippen molar-refractivity contribution in [3.8, 4) is 0 Å². The molecule has 0 aromatic carbocycles. The Bertz CT molecular complexity index is 310. The minimum absolute atomic E-state index is 0.121. The number of aromatic nitrogens is 1. The van der Waals surface area contributed by atoms with Gasteiger partial charge in [0.25, 0.3) is 5.91 Å². The summed E-state index contributed by atoms with van der Waals surface area (Å²) in [5.41, 5.74) is 1.87. The lowest BCUT2D eigenvalue weighted by Crippen LogP contribution is -2.30. The number of nitrogens with zero attached hydrogens (tertiary/aromatic N) is 1. The zero-order valence-electron chi connectivity index (χ0n) is 7.65. The number of carbonyl (C=O) groups is 2. The van der Waals surface area contributed by atoms with Crippen LogP contribution in [0.1, 0.15) is 17.4 Å². The van der Waals surface area contributed by atoms with Crippen molar-refractivity contribution in [2.45, 2.75) is 6.92 Å². The van der Waals surface area contributed by atoms with E-state index in [1.165, 1.54) is 11.3 Å². The summed E-state index contributed by atoms with van der Waals surface area (Å²) in [7, 11) is 0. The number of carbonyl (C=O) groups excluding carboxylic acids is 2. The molecular weight excluding hydrogens is 204 g/mol. The van der Waals surface area contributed by atoms with Crippen LogP contribution in [0.2, 0.25) is 0 Å². The maximum absolute atomic E-state index is 11.2. The van der Waals surface area contributed by atoms with Crippen LogP contribution in [0.5, 0.6) is 0 Å². The molecule has 0 aliphatic rings. The van der Waals surface area contributed by atoms with Crippen LogP contribution in [0.3, 0.4) is 0 Å². The number of ether oxygens (including phenoxy) is 1. The van der Waals surface area contributed by atoms with Gasteiger partial charge in [0, 0.05) is 5.38 Å². The molecule has 0 bridgehead atoms. The van der Waals surface area contributed by atoms with Gasteiger partial charge in [-0.3, -0.25) is 9.59 Å². The van der Waals surface area contributed by atoms with E-state index in [9.17, 15) is 9.59 Å². The molecule has 1 rings (SSSR count). The fraction of sp³-hybridized carbons (Fsp3) is 0.375. The van der Waals surface area contributed by atoms with Crippen LogP contribution in [0.25, 0.3) is 0 Å². The molecule has 76 valence electrons. The number of esters is 1. The van der Waals surface area contributed by atoms with Gasteiger partial charge in [-0.25, -0.2) is 4.98 Å². The van der Waals surface area contributed by atoms with Gasteiger partial charge in [0.05, 0.1) is 12.1 Å². The van der Waals surface area contributed by atoms with Gasteiger partial charge in [0.15, 0.2) is 0 Å². The van der Waals surface area contributed by atoms with Crippen LogP contribution < -0.4 is 5.32 Å². The minimum atomic E-state index is -0.448. The predicted octanol–water partition coefficient (Wildman–Crippen LogP) is 0.436. The van der Waals surface area contributed by atoms with E-state index in [2.05, 4.69) is 15.0 Å². The Kier molecular flexibility index (Phi) is 4.06. The molecule has 0 unspecified atom stereocenters. The Morgan fingerprint density at radius 2 is 2.43 bits per heavy atom. The lowest BCUT2D eigenvalue weighted by Gasteiger charge is -2.02. The maximum Gasteiger partial charge on any atom is 0.325 e. The summed E-state index contributed by atoms with van der Waals surface area (Å²) >= 11 is 1.32. The van der Waals surface area contributed by atoms with Crippen LogP contribution >= 0.6 is 11.3 Å².